The first-order valence-corrected chi connectivity index (χ1v) is 7.73. The molecule has 1 fully saturated rings. The lowest BCUT2D eigenvalue weighted by Crippen LogP contribution is -2.46. The molecule has 1 aliphatic rings. The zero-order chi connectivity index (χ0) is 14.3. The van der Waals surface area contributed by atoms with Crippen LogP contribution in [0, 0.1) is 5.41 Å². The molecule has 0 amide bonds. The van der Waals surface area contributed by atoms with Gasteiger partial charge in [0.15, 0.2) is 0 Å². The molecular formula is C15H30N2O2. The fourth-order valence-corrected chi connectivity index (χ4v) is 2.98. The number of nitrogens with zero attached hydrogens (tertiary/aromatic N) is 1. The third-order valence-corrected chi connectivity index (χ3v) is 4.48. The molecule has 1 N–H and O–H groups in total. The summed E-state index contributed by atoms with van der Waals surface area (Å²) in [6.07, 6.45) is 3.71. The Kier molecular flexibility index (Phi) is 6.80. The van der Waals surface area contributed by atoms with Crippen LogP contribution >= 0.6 is 0 Å². The van der Waals surface area contributed by atoms with Crippen molar-refractivity contribution in [2.75, 3.05) is 32.8 Å². The van der Waals surface area contributed by atoms with Gasteiger partial charge in [0, 0.05) is 13.1 Å². The topological polar surface area (TPSA) is 41.6 Å². The van der Waals surface area contributed by atoms with E-state index < -0.39 is 0 Å². The van der Waals surface area contributed by atoms with Crippen molar-refractivity contribution >= 4 is 5.97 Å². The molecule has 4 heteroatoms. The summed E-state index contributed by atoms with van der Waals surface area (Å²) in [7, 11) is 0. The quantitative estimate of drug-likeness (QED) is 0.685. The Hall–Kier alpha value is -0.610. The van der Waals surface area contributed by atoms with Gasteiger partial charge in [-0.15, -0.1) is 0 Å². The predicted octanol–water partition coefficient (Wildman–Crippen LogP) is 2.04. The van der Waals surface area contributed by atoms with Crippen molar-refractivity contribution in [3.63, 3.8) is 0 Å². The molecule has 0 saturated carbocycles. The second kappa shape index (κ2) is 7.85. The van der Waals surface area contributed by atoms with E-state index >= 15 is 0 Å². The van der Waals surface area contributed by atoms with Gasteiger partial charge in [0.2, 0.25) is 0 Å². The average molecular weight is 270 g/mol. The summed E-state index contributed by atoms with van der Waals surface area (Å²) >= 11 is 0. The Bertz CT molecular complexity index is 277. The van der Waals surface area contributed by atoms with Crippen LogP contribution in [-0.4, -0.2) is 49.7 Å². The number of hydrogen-bond acceptors (Lipinski definition) is 4. The molecule has 1 heterocycles. The van der Waals surface area contributed by atoms with Gasteiger partial charge in [-0.2, -0.15) is 0 Å². The minimum atomic E-state index is -0.186. The summed E-state index contributed by atoms with van der Waals surface area (Å²) in [5.74, 6) is -0.116. The van der Waals surface area contributed by atoms with Crippen molar-refractivity contribution < 1.29 is 9.53 Å². The van der Waals surface area contributed by atoms with Gasteiger partial charge in [-0.05, 0) is 44.7 Å². The normalized spacial score (nSPS) is 20.4. The molecule has 1 atom stereocenters. The van der Waals surface area contributed by atoms with Crippen LogP contribution in [0.2, 0.25) is 0 Å². The molecule has 0 aromatic heterocycles. The summed E-state index contributed by atoms with van der Waals surface area (Å²) in [6.45, 7) is 12.7. The fourth-order valence-electron chi connectivity index (χ4n) is 2.98. The number of ether oxygens (including phenoxy) is 1. The van der Waals surface area contributed by atoms with Crippen LogP contribution in [0.1, 0.15) is 47.0 Å². The number of likely N-dealkylation sites (tertiary alicyclic amines) is 1. The summed E-state index contributed by atoms with van der Waals surface area (Å²) < 4.78 is 5.14. The maximum absolute atomic E-state index is 11.9. The molecule has 4 nitrogen and oxygen atoms in total. The minimum absolute atomic E-state index is 0.116. The number of nitrogens with one attached hydrogen (secondary N) is 1. The van der Waals surface area contributed by atoms with E-state index in [9.17, 15) is 4.79 Å². The Morgan fingerprint density at radius 2 is 2.00 bits per heavy atom. The van der Waals surface area contributed by atoms with Gasteiger partial charge in [-0.3, -0.25) is 4.79 Å². The lowest BCUT2D eigenvalue weighted by Gasteiger charge is -2.28. The number of carbonyl (C=O) groups excluding carboxylic acids is 1. The Balaban J connectivity index is 2.54. The van der Waals surface area contributed by atoms with Crippen LogP contribution in [-0.2, 0) is 9.53 Å². The van der Waals surface area contributed by atoms with E-state index in [0.29, 0.717) is 12.0 Å². The van der Waals surface area contributed by atoms with Crippen LogP contribution in [0.5, 0.6) is 0 Å². The van der Waals surface area contributed by atoms with E-state index in [4.69, 9.17) is 4.74 Å². The number of carbonyl (C=O) groups is 1. The Labute approximate surface area is 117 Å². The molecule has 0 aromatic rings. The first-order valence-electron chi connectivity index (χ1n) is 7.73. The van der Waals surface area contributed by atoms with Crippen molar-refractivity contribution in [1.29, 1.82) is 0 Å². The molecule has 0 radical (unpaired) electrons. The van der Waals surface area contributed by atoms with Gasteiger partial charge in [0.1, 0.15) is 6.04 Å². The molecule has 1 rings (SSSR count). The first-order chi connectivity index (χ1) is 9.10. The average Bonchev–Trinajstić information content (AvgIpc) is 2.83. The number of esters is 1. The largest absolute Gasteiger partial charge is 0.465 e. The number of rotatable bonds is 8. The minimum Gasteiger partial charge on any atom is -0.465 e. The molecule has 0 bridgehead atoms. The van der Waals surface area contributed by atoms with Crippen molar-refractivity contribution in [2.45, 2.75) is 53.0 Å². The molecule has 19 heavy (non-hydrogen) atoms. The Morgan fingerprint density at radius 1 is 1.32 bits per heavy atom. The van der Waals surface area contributed by atoms with Crippen molar-refractivity contribution in [3.8, 4) is 0 Å². The monoisotopic (exact) mass is 270 g/mol. The fraction of sp³-hybridized carbons (Fsp3) is 0.933. The van der Waals surface area contributed by atoms with Gasteiger partial charge in [0.05, 0.1) is 6.61 Å². The summed E-state index contributed by atoms with van der Waals surface area (Å²) in [6, 6.07) is -0.186. The van der Waals surface area contributed by atoms with Gasteiger partial charge in [-0.25, -0.2) is 0 Å². The summed E-state index contributed by atoms with van der Waals surface area (Å²) in [5, 5.41) is 3.24. The van der Waals surface area contributed by atoms with E-state index in [0.717, 1.165) is 26.2 Å². The second-order valence-electron chi connectivity index (χ2n) is 5.55. The predicted molar refractivity (Wildman–Crippen MR) is 78.2 cm³/mol. The van der Waals surface area contributed by atoms with Crippen LogP contribution < -0.4 is 5.32 Å². The molecule has 0 aromatic carbocycles. The van der Waals surface area contributed by atoms with E-state index in [-0.39, 0.29) is 12.0 Å². The van der Waals surface area contributed by atoms with E-state index in [1.807, 2.05) is 13.8 Å². The summed E-state index contributed by atoms with van der Waals surface area (Å²) in [4.78, 5) is 14.3. The lowest BCUT2D eigenvalue weighted by atomic mass is 9.82. The number of likely N-dealkylation sites (N-methyl/N-ethyl adjacent to an activating group) is 1. The third-order valence-electron chi connectivity index (χ3n) is 4.48. The van der Waals surface area contributed by atoms with Crippen LogP contribution in [0.3, 0.4) is 0 Å². The molecule has 112 valence electrons. The molecule has 1 unspecified atom stereocenters. The third kappa shape index (κ3) is 4.46. The summed E-state index contributed by atoms with van der Waals surface area (Å²) in [5.41, 5.74) is 0.464. The number of hydrogen-bond donors (Lipinski definition) is 1. The molecular weight excluding hydrogens is 240 g/mol. The second-order valence-corrected chi connectivity index (χ2v) is 5.55. The highest BCUT2D eigenvalue weighted by atomic mass is 16.5. The molecule has 0 aliphatic carbocycles. The Morgan fingerprint density at radius 3 is 2.47 bits per heavy atom. The van der Waals surface area contributed by atoms with E-state index in [1.54, 1.807) is 0 Å². The highest BCUT2D eigenvalue weighted by molar-refractivity contribution is 5.76. The van der Waals surface area contributed by atoms with Crippen molar-refractivity contribution in [3.05, 3.63) is 0 Å². The zero-order valence-corrected chi connectivity index (χ0v) is 13.0. The van der Waals surface area contributed by atoms with Crippen LogP contribution in [0.4, 0.5) is 0 Å². The van der Waals surface area contributed by atoms with Crippen LogP contribution in [0.15, 0.2) is 0 Å². The van der Waals surface area contributed by atoms with Crippen LogP contribution in [0.25, 0.3) is 0 Å². The van der Waals surface area contributed by atoms with Gasteiger partial charge in [-0.1, -0.05) is 20.8 Å². The first kappa shape index (κ1) is 16.4. The standard InChI is InChI=1S/C15H30N2O2/c1-5-15(6-2)9-10-17(12-15)11-13(16-7-3)14(18)19-8-4/h13,16H,5-12H2,1-4H3. The maximum Gasteiger partial charge on any atom is 0.324 e. The maximum atomic E-state index is 11.9. The van der Waals surface area contributed by atoms with Gasteiger partial charge < -0.3 is 15.0 Å². The molecule has 0 spiro atoms. The smallest absolute Gasteiger partial charge is 0.324 e. The highest BCUT2D eigenvalue weighted by Gasteiger charge is 2.36. The van der Waals surface area contributed by atoms with Gasteiger partial charge in [0.25, 0.3) is 0 Å². The highest BCUT2D eigenvalue weighted by Crippen LogP contribution is 2.36. The van der Waals surface area contributed by atoms with E-state index in [1.165, 1.54) is 19.3 Å². The molecule has 1 aliphatic heterocycles. The zero-order valence-electron chi connectivity index (χ0n) is 13.0. The SMILES string of the molecule is CCNC(CN1CCC(CC)(CC)C1)C(=O)OCC. The van der Waals surface area contributed by atoms with Gasteiger partial charge >= 0.3 is 5.97 Å². The lowest BCUT2D eigenvalue weighted by molar-refractivity contribution is -0.146. The molecule has 1 saturated heterocycles. The van der Waals surface area contributed by atoms with E-state index in [2.05, 4.69) is 24.1 Å². The van der Waals surface area contributed by atoms with Crippen molar-refractivity contribution in [2.24, 2.45) is 5.41 Å². The van der Waals surface area contributed by atoms with Crippen molar-refractivity contribution in [1.82, 2.24) is 10.2 Å².